The predicted octanol–water partition coefficient (Wildman–Crippen LogP) is 3.01. The fourth-order valence-electron chi connectivity index (χ4n) is 2.06. The summed E-state index contributed by atoms with van der Waals surface area (Å²) in [6, 6.07) is 11.1. The molecule has 0 aromatic heterocycles. The number of hydrogen-bond acceptors (Lipinski definition) is 4. The summed E-state index contributed by atoms with van der Waals surface area (Å²) in [6.07, 6.45) is 0.566. The maximum absolute atomic E-state index is 10.1. The highest BCUT2D eigenvalue weighted by Gasteiger charge is 2.09. The third kappa shape index (κ3) is 2.96. The monoisotopic (exact) mass is 274 g/mol. The first-order valence-corrected chi connectivity index (χ1v) is 6.24. The van der Waals surface area contributed by atoms with Crippen molar-refractivity contribution in [1.29, 1.82) is 0 Å². The van der Waals surface area contributed by atoms with Crippen molar-refractivity contribution in [2.24, 2.45) is 0 Å². The molecule has 0 unspecified atom stereocenters. The summed E-state index contributed by atoms with van der Waals surface area (Å²) in [7, 11) is 4.76. The van der Waals surface area contributed by atoms with E-state index in [1.807, 2.05) is 30.3 Å². The first-order valence-electron chi connectivity index (χ1n) is 6.24. The van der Waals surface area contributed by atoms with Crippen molar-refractivity contribution in [2.45, 2.75) is 6.42 Å². The second-order valence-electron chi connectivity index (χ2n) is 4.37. The lowest BCUT2D eigenvalue weighted by Gasteiger charge is -2.11. The van der Waals surface area contributed by atoms with Crippen LogP contribution in [-0.2, 0) is 6.42 Å². The van der Waals surface area contributed by atoms with Crippen LogP contribution in [0, 0.1) is 0 Å². The molecule has 2 rings (SSSR count). The third-order valence-corrected chi connectivity index (χ3v) is 3.11. The molecule has 0 saturated heterocycles. The summed E-state index contributed by atoms with van der Waals surface area (Å²) < 4.78 is 15.6. The van der Waals surface area contributed by atoms with Crippen LogP contribution in [-0.4, -0.2) is 26.4 Å². The van der Waals surface area contributed by atoms with E-state index in [9.17, 15) is 5.11 Å². The summed E-state index contributed by atoms with van der Waals surface area (Å²) in [5.41, 5.74) is 1.78. The Bertz CT molecular complexity index is 571. The van der Waals surface area contributed by atoms with Crippen LogP contribution in [0.5, 0.6) is 23.0 Å². The zero-order valence-corrected chi connectivity index (χ0v) is 11.8. The van der Waals surface area contributed by atoms with Crippen molar-refractivity contribution < 1.29 is 19.3 Å². The molecule has 0 bridgehead atoms. The van der Waals surface area contributed by atoms with Crippen LogP contribution in [0.3, 0.4) is 0 Å². The number of methoxy groups -OCH3 is 3. The highest BCUT2D eigenvalue weighted by Crippen LogP contribution is 2.32. The molecule has 106 valence electrons. The van der Waals surface area contributed by atoms with Gasteiger partial charge in [0.15, 0.2) is 11.5 Å². The van der Waals surface area contributed by atoms with Crippen molar-refractivity contribution in [3.63, 3.8) is 0 Å². The zero-order chi connectivity index (χ0) is 14.5. The fourth-order valence-corrected chi connectivity index (χ4v) is 2.06. The Balaban J connectivity index is 2.34. The van der Waals surface area contributed by atoms with E-state index in [4.69, 9.17) is 14.2 Å². The van der Waals surface area contributed by atoms with Crippen LogP contribution in [0.1, 0.15) is 11.1 Å². The summed E-state index contributed by atoms with van der Waals surface area (Å²) >= 11 is 0. The molecule has 1 N–H and O–H groups in total. The van der Waals surface area contributed by atoms with E-state index < -0.39 is 0 Å². The molecular formula is C16H18O4. The van der Waals surface area contributed by atoms with Crippen LogP contribution >= 0.6 is 0 Å². The van der Waals surface area contributed by atoms with E-state index in [-0.39, 0.29) is 5.75 Å². The second-order valence-corrected chi connectivity index (χ2v) is 4.37. The van der Waals surface area contributed by atoms with Gasteiger partial charge in [-0.25, -0.2) is 0 Å². The third-order valence-electron chi connectivity index (χ3n) is 3.11. The van der Waals surface area contributed by atoms with Gasteiger partial charge < -0.3 is 19.3 Å². The van der Waals surface area contributed by atoms with Gasteiger partial charge in [-0.3, -0.25) is 0 Å². The number of para-hydroxylation sites is 1. The van der Waals surface area contributed by atoms with Gasteiger partial charge in [-0.1, -0.05) is 12.1 Å². The van der Waals surface area contributed by atoms with Crippen molar-refractivity contribution >= 4 is 0 Å². The summed E-state index contributed by atoms with van der Waals surface area (Å²) in [5.74, 6) is 2.08. The number of phenolic OH excluding ortho intramolecular Hbond substituents is 1. The van der Waals surface area contributed by atoms with E-state index in [1.165, 1.54) is 7.11 Å². The first-order chi connectivity index (χ1) is 9.67. The quantitative estimate of drug-likeness (QED) is 0.910. The lowest BCUT2D eigenvalue weighted by molar-refractivity contribution is 0.371. The van der Waals surface area contributed by atoms with Gasteiger partial charge in [-0.15, -0.1) is 0 Å². The maximum atomic E-state index is 10.1. The molecule has 0 atom stereocenters. The van der Waals surface area contributed by atoms with E-state index >= 15 is 0 Å². The molecule has 0 aliphatic rings. The smallest absolute Gasteiger partial charge is 0.161 e. The molecule has 0 spiro atoms. The predicted molar refractivity (Wildman–Crippen MR) is 77.0 cm³/mol. The molecule has 0 fully saturated rings. The minimum Gasteiger partial charge on any atom is -0.504 e. The van der Waals surface area contributed by atoms with E-state index in [0.29, 0.717) is 12.2 Å². The molecule has 0 radical (unpaired) electrons. The van der Waals surface area contributed by atoms with Crippen molar-refractivity contribution in [2.75, 3.05) is 21.3 Å². The maximum Gasteiger partial charge on any atom is 0.161 e. The highest BCUT2D eigenvalue weighted by atomic mass is 16.5. The summed E-state index contributed by atoms with van der Waals surface area (Å²) in [5, 5.41) is 10.1. The van der Waals surface area contributed by atoms with Crippen molar-refractivity contribution in [3.8, 4) is 23.0 Å². The average molecular weight is 274 g/mol. The molecule has 2 aromatic carbocycles. The van der Waals surface area contributed by atoms with Crippen LogP contribution in [0.4, 0.5) is 0 Å². The van der Waals surface area contributed by atoms with Crippen LogP contribution in [0.15, 0.2) is 36.4 Å². The molecule has 0 heterocycles. The second kappa shape index (κ2) is 6.19. The number of benzene rings is 2. The Kier molecular flexibility index (Phi) is 4.35. The van der Waals surface area contributed by atoms with E-state index in [0.717, 1.165) is 22.6 Å². The minimum atomic E-state index is 0.164. The molecule has 20 heavy (non-hydrogen) atoms. The minimum absolute atomic E-state index is 0.164. The van der Waals surface area contributed by atoms with E-state index in [2.05, 4.69) is 0 Å². The van der Waals surface area contributed by atoms with Gasteiger partial charge in [0.2, 0.25) is 0 Å². The summed E-state index contributed by atoms with van der Waals surface area (Å²) in [4.78, 5) is 0. The van der Waals surface area contributed by atoms with Gasteiger partial charge in [-0.2, -0.15) is 0 Å². The molecule has 0 amide bonds. The van der Waals surface area contributed by atoms with Gasteiger partial charge in [0.1, 0.15) is 11.5 Å². The topological polar surface area (TPSA) is 47.9 Å². The van der Waals surface area contributed by atoms with Gasteiger partial charge in [0, 0.05) is 18.1 Å². The average Bonchev–Trinajstić information content (AvgIpc) is 2.49. The first kappa shape index (κ1) is 14.1. The van der Waals surface area contributed by atoms with Crippen LogP contribution in [0.2, 0.25) is 0 Å². The molecular weight excluding hydrogens is 256 g/mol. The molecule has 0 saturated carbocycles. The van der Waals surface area contributed by atoms with Gasteiger partial charge in [0.25, 0.3) is 0 Å². The van der Waals surface area contributed by atoms with Crippen molar-refractivity contribution in [1.82, 2.24) is 0 Å². The molecule has 0 aliphatic heterocycles. The Labute approximate surface area is 118 Å². The Hall–Kier alpha value is -2.36. The Morgan fingerprint density at radius 2 is 1.55 bits per heavy atom. The van der Waals surface area contributed by atoms with Crippen molar-refractivity contribution in [3.05, 3.63) is 47.5 Å². The number of hydrogen-bond donors (Lipinski definition) is 1. The summed E-state index contributed by atoms with van der Waals surface area (Å²) in [6.45, 7) is 0. The van der Waals surface area contributed by atoms with E-state index in [1.54, 1.807) is 20.3 Å². The number of aromatic hydroxyl groups is 1. The number of phenols is 1. The zero-order valence-electron chi connectivity index (χ0n) is 11.8. The standard InChI is InChI=1S/C16H18O4/c1-18-13-8-11(9-14(10-13)19-2)7-12-5-4-6-15(20-3)16(12)17/h4-6,8-10,17H,7H2,1-3H3. The van der Waals surface area contributed by atoms with Crippen LogP contribution in [0.25, 0.3) is 0 Å². The molecule has 0 aliphatic carbocycles. The van der Waals surface area contributed by atoms with Gasteiger partial charge in [-0.05, 0) is 23.8 Å². The lowest BCUT2D eigenvalue weighted by Crippen LogP contribution is -1.94. The fraction of sp³-hybridized carbons (Fsp3) is 0.250. The number of rotatable bonds is 5. The number of ether oxygens (including phenoxy) is 3. The molecule has 4 nitrogen and oxygen atoms in total. The Morgan fingerprint density at radius 3 is 2.10 bits per heavy atom. The highest BCUT2D eigenvalue weighted by molar-refractivity contribution is 5.48. The molecule has 4 heteroatoms. The molecule has 2 aromatic rings. The SMILES string of the molecule is COc1cc(Cc2cccc(OC)c2O)cc(OC)c1. The van der Waals surface area contributed by atoms with Crippen LogP contribution < -0.4 is 14.2 Å². The lowest BCUT2D eigenvalue weighted by atomic mass is 10.0. The normalized spacial score (nSPS) is 10.2. The van der Waals surface area contributed by atoms with Gasteiger partial charge in [0.05, 0.1) is 21.3 Å². The van der Waals surface area contributed by atoms with Gasteiger partial charge >= 0.3 is 0 Å². The Morgan fingerprint density at radius 1 is 0.900 bits per heavy atom. The largest absolute Gasteiger partial charge is 0.504 e.